The molecule has 0 radical (unpaired) electrons. The highest BCUT2D eigenvalue weighted by atomic mass is 32.1. The quantitative estimate of drug-likeness (QED) is 0.493. The third-order valence-corrected chi connectivity index (χ3v) is 3.77. The second-order valence-corrected chi connectivity index (χ2v) is 4.99. The van der Waals surface area contributed by atoms with Gasteiger partial charge < -0.3 is 25.0 Å². The lowest BCUT2D eigenvalue weighted by Crippen LogP contribution is -2.59. The molecule has 9 heteroatoms. The van der Waals surface area contributed by atoms with E-state index in [9.17, 15) is 15.3 Å². The van der Waals surface area contributed by atoms with Crippen molar-refractivity contribution >= 4 is 25.0 Å². The topological polar surface area (TPSA) is 103 Å². The summed E-state index contributed by atoms with van der Waals surface area (Å²) >= 11 is 4.15. The summed E-state index contributed by atoms with van der Waals surface area (Å²) in [5, 5.41) is 29.2. The molecule has 1 aromatic heterocycles. The Morgan fingerprint density at radius 2 is 2.32 bits per heavy atom. The molecule has 0 unspecified atom stereocenters. The molecule has 0 amide bonds. The number of rotatable bonds is 2. The molecule has 3 rings (SSSR count). The molecule has 104 valence electrons. The summed E-state index contributed by atoms with van der Waals surface area (Å²) in [7, 11) is 0. The van der Waals surface area contributed by atoms with Crippen molar-refractivity contribution in [2.75, 3.05) is 13.2 Å². The van der Waals surface area contributed by atoms with E-state index >= 15 is 0 Å². The number of aliphatic imine (C=N–C) groups is 1. The second-order valence-electron chi connectivity index (χ2n) is 4.56. The zero-order valence-corrected chi connectivity index (χ0v) is 10.8. The molecule has 19 heavy (non-hydrogen) atoms. The predicted molar refractivity (Wildman–Crippen MR) is 68.1 cm³/mol. The van der Waals surface area contributed by atoms with Gasteiger partial charge in [0, 0.05) is 0 Å². The number of aromatic nitrogens is 2. The normalized spacial score (nSPS) is 33.8. The smallest absolute Gasteiger partial charge is 0.194 e. The van der Waals surface area contributed by atoms with Gasteiger partial charge in [0.25, 0.3) is 0 Å². The summed E-state index contributed by atoms with van der Waals surface area (Å²) in [6.07, 6.45) is 0.711. The minimum absolute atomic E-state index is 0.0417. The van der Waals surface area contributed by atoms with Gasteiger partial charge in [-0.2, -0.15) is 0 Å². The first kappa shape index (κ1) is 12.9. The van der Waals surface area contributed by atoms with Crippen molar-refractivity contribution in [1.82, 2.24) is 13.9 Å². The Morgan fingerprint density at radius 3 is 2.95 bits per heavy atom. The number of aliphatic hydroxyl groups excluding tert-OH is 3. The van der Waals surface area contributed by atoms with Crippen LogP contribution in [0, 0.1) is 0 Å². The Morgan fingerprint density at radius 1 is 1.53 bits per heavy atom. The first-order valence-electron chi connectivity index (χ1n) is 5.76. The average Bonchev–Trinajstić information content (AvgIpc) is 2.93. The van der Waals surface area contributed by atoms with Gasteiger partial charge in [0.2, 0.25) is 0 Å². The summed E-state index contributed by atoms with van der Waals surface area (Å²) in [4.78, 5) is 9.85. The third kappa shape index (κ3) is 1.77. The van der Waals surface area contributed by atoms with Crippen LogP contribution in [-0.2, 0) is 11.3 Å². The van der Waals surface area contributed by atoms with Crippen LogP contribution in [0.2, 0.25) is 0 Å². The third-order valence-electron chi connectivity index (χ3n) is 3.48. The van der Waals surface area contributed by atoms with Gasteiger partial charge in [-0.1, -0.05) is 12.8 Å². The Labute approximate surface area is 114 Å². The van der Waals surface area contributed by atoms with E-state index in [1.54, 1.807) is 0 Å². The molecule has 8 nitrogen and oxygen atoms in total. The lowest BCUT2D eigenvalue weighted by atomic mass is 10.0. The molecule has 3 N–H and O–H groups in total. The molecule has 0 spiro atoms. The summed E-state index contributed by atoms with van der Waals surface area (Å²) in [5.41, 5.74) is -0.733. The van der Waals surface area contributed by atoms with Crippen LogP contribution in [0.5, 0.6) is 0 Å². The van der Waals surface area contributed by atoms with Crippen LogP contribution in [-0.4, -0.2) is 66.7 Å². The lowest BCUT2D eigenvalue weighted by Gasteiger charge is -2.40. The highest BCUT2D eigenvalue weighted by Crippen LogP contribution is 2.34. The summed E-state index contributed by atoms with van der Waals surface area (Å²) in [5.74, 6) is 0.598. The van der Waals surface area contributed by atoms with Crippen molar-refractivity contribution in [1.29, 1.82) is 0 Å². The van der Waals surface area contributed by atoms with Crippen LogP contribution in [0.1, 0.15) is 5.69 Å². The van der Waals surface area contributed by atoms with Gasteiger partial charge in [-0.25, -0.2) is 9.98 Å². The van der Waals surface area contributed by atoms with E-state index in [1.165, 1.54) is 21.5 Å². The zero-order valence-electron chi connectivity index (χ0n) is 9.92. The SMILES string of the molecule is OC[C@]1(N2C=Nc3c(ncn3S)C2)OC[C@@H](O)[C@@H]1O. The number of hydrogen-bond acceptors (Lipinski definition) is 8. The van der Waals surface area contributed by atoms with Crippen molar-refractivity contribution < 1.29 is 20.1 Å². The van der Waals surface area contributed by atoms with Crippen LogP contribution < -0.4 is 0 Å². The van der Waals surface area contributed by atoms with Crippen LogP contribution >= 0.6 is 12.8 Å². The maximum atomic E-state index is 10.0. The Bertz CT molecular complexity index is 522. The van der Waals surface area contributed by atoms with Crippen molar-refractivity contribution in [2.45, 2.75) is 24.5 Å². The second kappa shape index (κ2) is 4.46. The minimum atomic E-state index is -1.39. The molecule has 2 aliphatic heterocycles. The van der Waals surface area contributed by atoms with E-state index in [0.717, 1.165) is 0 Å². The van der Waals surface area contributed by atoms with Gasteiger partial charge in [-0.3, -0.25) is 3.97 Å². The average molecular weight is 286 g/mol. The van der Waals surface area contributed by atoms with Crippen molar-refractivity contribution in [3.05, 3.63) is 12.0 Å². The molecule has 3 atom stereocenters. The molecule has 2 aliphatic rings. The summed E-state index contributed by atoms with van der Waals surface area (Å²) < 4.78 is 6.89. The van der Waals surface area contributed by atoms with Gasteiger partial charge in [-0.15, -0.1) is 0 Å². The van der Waals surface area contributed by atoms with E-state index in [0.29, 0.717) is 18.1 Å². The number of fused-ring (bicyclic) bond motifs is 1. The van der Waals surface area contributed by atoms with Gasteiger partial charge in [0.05, 0.1) is 26.1 Å². The Balaban J connectivity index is 1.92. The highest BCUT2D eigenvalue weighted by molar-refractivity contribution is 7.78. The molecular formula is C10H14N4O4S. The van der Waals surface area contributed by atoms with Crippen LogP contribution in [0.4, 0.5) is 5.82 Å². The fourth-order valence-electron chi connectivity index (χ4n) is 2.36. The van der Waals surface area contributed by atoms with E-state index < -0.39 is 24.5 Å². The van der Waals surface area contributed by atoms with Gasteiger partial charge in [0.1, 0.15) is 24.2 Å². The number of thiol groups is 1. The summed E-state index contributed by atoms with van der Waals surface area (Å²) in [6.45, 7) is -0.204. The Hall–Kier alpha value is -1.13. The van der Waals surface area contributed by atoms with Gasteiger partial charge in [0.15, 0.2) is 11.5 Å². The predicted octanol–water partition coefficient (Wildman–Crippen LogP) is -1.51. The van der Waals surface area contributed by atoms with E-state index in [-0.39, 0.29) is 6.61 Å². The first-order valence-corrected chi connectivity index (χ1v) is 6.16. The number of hydrogen-bond donors (Lipinski definition) is 4. The number of aliphatic hydroxyl groups is 3. The van der Waals surface area contributed by atoms with E-state index in [1.807, 2.05) is 0 Å². The number of imidazole rings is 1. The minimum Gasteiger partial charge on any atom is -0.391 e. The standard InChI is InChI=1S/C10H14N4O4S/c15-3-10(8(17)7(16)2-18-10)13-1-6-9(12-4-13)14(19)5-11-6/h4-5,7-8,15-17,19H,1-3H2/t7-,8+,10+/m1/s1. The number of nitrogens with zero attached hydrogens (tertiary/aromatic N) is 4. The monoisotopic (exact) mass is 286 g/mol. The maximum Gasteiger partial charge on any atom is 0.194 e. The molecule has 1 saturated heterocycles. The molecule has 0 saturated carbocycles. The van der Waals surface area contributed by atoms with Crippen molar-refractivity contribution in [3.8, 4) is 0 Å². The van der Waals surface area contributed by atoms with E-state index in [2.05, 4.69) is 22.8 Å². The van der Waals surface area contributed by atoms with Crippen LogP contribution in [0.15, 0.2) is 11.3 Å². The molecule has 0 bridgehead atoms. The molecule has 0 aromatic carbocycles. The van der Waals surface area contributed by atoms with Crippen molar-refractivity contribution in [3.63, 3.8) is 0 Å². The molecular weight excluding hydrogens is 272 g/mol. The number of ether oxygens (including phenoxy) is 1. The molecule has 0 aliphatic carbocycles. The van der Waals surface area contributed by atoms with Crippen molar-refractivity contribution in [2.24, 2.45) is 4.99 Å². The Kier molecular flexibility index (Phi) is 3.02. The van der Waals surface area contributed by atoms with Crippen LogP contribution in [0.3, 0.4) is 0 Å². The zero-order chi connectivity index (χ0) is 13.6. The van der Waals surface area contributed by atoms with E-state index in [4.69, 9.17) is 4.74 Å². The fraction of sp³-hybridized carbons (Fsp3) is 0.600. The maximum absolute atomic E-state index is 10.0. The highest BCUT2D eigenvalue weighted by Gasteiger charge is 2.53. The summed E-state index contributed by atoms with van der Waals surface area (Å²) in [6, 6.07) is 0. The van der Waals surface area contributed by atoms with Gasteiger partial charge >= 0.3 is 0 Å². The fourth-order valence-corrected chi connectivity index (χ4v) is 2.58. The first-order chi connectivity index (χ1) is 9.08. The molecule has 1 fully saturated rings. The molecule has 3 heterocycles. The van der Waals surface area contributed by atoms with Gasteiger partial charge in [-0.05, 0) is 0 Å². The lowest BCUT2D eigenvalue weighted by molar-refractivity contribution is -0.168. The largest absolute Gasteiger partial charge is 0.391 e. The van der Waals surface area contributed by atoms with Crippen LogP contribution in [0.25, 0.3) is 0 Å². The molecule has 1 aromatic rings.